The smallest absolute Gasteiger partial charge is 0.323 e. The lowest BCUT2D eigenvalue weighted by atomic mass is 10.3. The van der Waals surface area contributed by atoms with Crippen LogP contribution in [-0.2, 0) is 4.79 Å². The lowest BCUT2D eigenvalue weighted by Crippen LogP contribution is -2.39. The summed E-state index contributed by atoms with van der Waals surface area (Å²) in [7, 11) is 0. The number of carbonyl (C=O) groups excluding carboxylic acids is 1. The Bertz CT molecular complexity index is 460. The van der Waals surface area contributed by atoms with Gasteiger partial charge in [-0.3, -0.25) is 9.78 Å². The van der Waals surface area contributed by atoms with Crippen LogP contribution in [0, 0.1) is 6.92 Å². The first-order valence-corrected chi connectivity index (χ1v) is 5.35. The van der Waals surface area contributed by atoms with Gasteiger partial charge in [-0.2, -0.15) is 0 Å². The van der Waals surface area contributed by atoms with E-state index in [1.165, 1.54) is 6.08 Å². The highest BCUT2D eigenvalue weighted by Gasteiger charge is 2.16. The second-order valence-electron chi connectivity index (χ2n) is 3.63. The number of rotatable bonds is 5. The molecule has 1 aromatic heterocycles. The minimum atomic E-state index is -1.07. The van der Waals surface area contributed by atoms with Crippen molar-refractivity contribution < 1.29 is 14.7 Å². The van der Waals surface area contributed by atoms with Crippen LogP contribution in [0.25, 0.3) is 0 Å². The Balaban J connectivity index is 2.75. The van der Waals surface area contributed by atoms with E-state index < -0.39 is 12.0 Å². The topological polar surface area (TPSA) is 82.5 Å². The summed E-state index contributed by atoms with van der Waals surface area (Å²) in [6.45, 7) is 5.03. The Morgan fingerprint density at radius 2 is 2.33 bits per heavy atom. The van der Waals surface area contributed by atoms with Gasteiger partial charge >= 0.3 is 12.0 Å². The fourth-order valence-corrected chi connectivity index (χ4v) is 1.35. The van der Waals surface area contributed by atoms with Crippen molar-refractivity contribution in [1.82, 2.24) is 9.88 Å². The van der Waals surface area contributed by atoms with E-state index in [4.69, 9.17) is 5.11 Å². The molecule has 2 N–H and O–H groups in total. The lowest BCUT2D eigenvalue weighted by Gasteiger charge is -2.19. The fourth-order valence-electron chi connectivity index (χ4n) is 1.35. The van der Waals surface area contributed by atoms with Crippen molar-refractivity contribution in [1.29, 1.82) is 0 Å². The van der Waals surface area contributed by atoms with Crippen LogP contribution in [0.1, 0.15) is 5.69 Å². The molecule has 96 valence electrons. The molecule has 0 fully saturated rings. The van der Waals surface area contributed by atoms with Crippen LogP contribution in [0.4, 0.5) is 10.5 Å². The summed E-state index contributed by atoms with van der Waals surface area (Å²) in [5, 5.41) is 11.3. The van der Waals surface area contributed by atoms with Crippen molar-refractivity contribution >= 4 is 17.7 Å². The maximum atomic E-state index is 11.9. The van der Waals surface area contributed by atoms with Gasteiger partial charge < -0.3 is 15.3 Å². The second-order valence-corrected chi connectivity index (χ2v) is 3.63. The molecule has 1 aromatic rings. The Kier molecular flexibility index (Phi) is 4.86. The van der Waals surface area contributed by atoms with Crippen molar-refractivity contribution in [3.63, 3.8) is 0 Å². The van der Waals surface area contributed by atoms with E-state index in [9.17, 15) is 9.59 Å². The molecule has 1 rings (SSSR count). The maximum Gasteiger partial charge on any atom is 0.323 e. The van der Waals surface area contributed by atoms with Gasteiger partial charge in [-0.1, -0.05) is 6.08 Å². The number of pyridine rings is 1. The van der Waals surface area contributed by atoms with E-state index in [-0.39, 0.29) is 13.1 Å². The number of aliphatic carboxylic acids is 1. The minimum absolute atomic E-state index is 0.164. The normalized spacial score (nSPS) is 9.61. The van der Waals surface area contributed by atoms with Crippen LogP contribution in [0.2, 0.25) is 0 Å². The number of amides is 2. The highest BCUT2D eigenvalue weighted by molar-refractivity contribution is 5.91. The Morgan fingerprint density at radius 1 is 1.61 bits per heavy atom. The first kappa shape index (κ1) is 13.7. The van der Waals surface area contributed by atoms with Gasteiger partial charge in [-0.25, -0.2) is 4.79 Å². The number of hydrogen-bond donors (Lipinski definition) is 2. The summed E-state index contributed by atoms with van der Waals surface area (Å²) in [6, 6.07) is 2.90. The molecule has 0 bridgehead atoms. The summed E-state index contributed by atoms with van der Waals surface area (Å²) in [5.74, 6) is -1.07. The molecule has 0 unspecified atom stereocenters. The summed E-state index contributed by atoms with van der Waals surface area (Å²) in [6.07, 6.45) is 3.09. The van der Waals surface area contributed by atoms with E-state index in [2.05, 4.69) is 16.9 Å². The molecule has 0 aliphatic carbocycles. The number of nitrogens with one attached hydrogen (secondary N) is 1. The first-order valence-electron chi connectivity index (χ1n) is 5.35. The third-order valence-corrected chi connectivity index (χ3v) is 2.21. The van der Waals surface area contributed by atoms with Gasteiger partial charge in [0, 0.05) is 12.7 Å². The molecule has 6 heteroatoms. The van der Waals surface area contributed by atoms with Gasteiger partial charge in [0.15, 0.2) is 0 Å². The standard InChI is InChI=1S/C12H15N3O3/c1-3-7-15(8-11(16)17)12(18)14-10-5-4-6-13-9(10)2/h3-6H,1,7-8H2,2H3,(H,14,18)(H,16,17). The van der Waals surface area contributed by atoms with Crippen LogP contribution >= 0.6 is 0 Å². The zero-order valence-electron chi connectivity index (χ0n) is 10.1. The molecule has 1 heterocycles. The van der Waals surface area contributed by atoms with Gasteiger partial charge in [0.1, 0.15) is 6.54 Å². The summed E-state index contributed by atoms with van der Waals surface area (Å²) in [5.41, 5.74) is 1.22. The molecular formula is C12H15N3O3. The zero-order valence-corrected chi connectivity index (χ0v) is 10.1. The van der Waals surface area contributed by atoms with Gasteiger partial charge in [0.05, 0.1) is 11.4 Å². The van der Waals surface area contributed by atoms with Gasteiger partial charge in [-0.15, -0.1) is 6.58 Å². The number of carbonyl (C=O) groups is 2. The average Bonchev–Trinajstić information content (AvgIpc) is 2.31. The molecule has 0 saturated heterocycles. The van der Waals surface area contributed by atoms with Crippen molar-refractivity contribution in [2.75, 3.05) is 18.4 Å². The first-order chi connectivity index (χ1) is 8.54. The lowest BCUT2D eigenvalue weighted by molar-refractivity contribution is -0.137. The molecular weight excluding hydrogens is 234 g/mol. The number of aryl methyl sites for hydroxylation is 1. The van der Waals surface area contributed by atoms with Crippen LogP contribution in [-0.4, -0.2) is 40.1 Å². The molecule has 0 saturated carbocycles. The number of carboxylic acid groups (broad SMARTS) is 1. The summed E-state index contributed by atoms with van der Waals surface area (Å²) >= 11 is 0. The van der Waals surface area contributed by atoms with Gasteiger partial charge in [0.2, 0.25) is 0 Å². The monoisotopic (exact) mass is 249 g/mol. The van der Waals surface area contributed by atoms with Gasteiger partial charge in [-0.05, 0) is 19.1 Å². The highest BCUT2D eigenvalue weighted by atomic mass is 16.4. The Morgan fingerprint density at radius 3 is 2.89 bits per heavy atom. The predicted molar refractivity (Wildman–Crippen MR) is 67.4 cm³/mol. The van der Waals surface area contributed by atoms with Crippen LogP contribution in [0.5, 0.6) is 0 Å². The third kappa shape index (κ3) is 3.89. The Hall–Kier alpha value is -2.37. The molecule has 0 atom stereocenters. The summed E-state index contributed by atoms with van der Waals surface area (Å²) < 4.78 is 0. The number of urea groups is 1. The van der Waals surface area contributed by atoms with Crippen molar-refractivity contribution in [3.05, 3.63) is 36.7 Å². The molecule has 6 nitrogen and oxygen atoms in total. The van der Waals surface area contributed by atoms with Crippen LogP contribution < -0.4 is 5.32 Å². The number of carboxylic acids is 1. The molecule has 0 spiro atoms. The van der Waals surface area contributed by atoms with E-state index in [0.29, 0.717) is 11.4 Å². The SMILES string of the molecule is C=CCN(CC(=O)O)C(=O)Nc1cccnc1C. The zero-order chi connectivity index (χ0) is 13.5. The molecule has 0 aliphatic heterocycles. The average molecular weight is 249 g/mol. The molecule has 0 aromatic carbocycles. The van der Waals surface area contributed by atoms with E-state index in [1.54, 1.807) is 25.3 Å². The van der Waals surface area contributed by atoms with Crippen molar-refractivity contribution in [2.45, 2.75) is 6.92 Å². The van der Waals surface area contributed by atoms with Gasteiger partial charge in [0.25, 0.3) is 0 Å². The molecule has 2 amide bonds. The number of hydrogen-bond acceptors (Lipinski definition) is 3. The quantitative estimate of drug-likeness (QED) is 0.774. The fraction of sp³-hybridized carbons (Fsp3) is 0.250. The molecule has 0 radical (unpaired) electrons. The van der Waals surface area contributed by atoms with Crippen LogP contribution in [0.3, 0.4) is 0 Å². The van der Waals surface area contributed by atoms with E-state index in [1.807, 2.05) is 0 Å². The predicted octanol–water partition coefficient (Wildman–Crippen LogP) is 1.49. The summed E-state index contributed by atoms with van der Waals surface area (Å²) in [4.78, 5) is 27.7. The van der Waals surface area contributed by atoms with Crippen molar-refractivity contribution in [3.8, 4) is 0 Å². The third-order valence-electron chi connectivity index (χ3n) is 2.21. The number of nitrogens with zero attached hydrogens (tertiary/aromatic N) is 2. The number of anilines is 1. The Labute approximate surface area is 105 Å². The largest absolute Gasteiger partial charge is 0.480 e. The van der Waals surface area contributed by atoms with Crippen molar-refractivity contribution in [2.24, 2.45) is 0 Å². The van der Waals surface area contributed by atoms with E-state index >= 15 is 0 Å². The van der Waals surface area contributed by atoms with E-state index in [0.717, 1.165) is 4.90 Å². The highest BCUT2D eigenvalue weighted by Crippen LogP contribution is 2.11. The number of aromatic nitrogens is 1. The maximum absolute atomic E-state index is 11.9. The molecule has 0 aliphatic rings. The molecule has 18 heavy (non-hydrogen) atoms. The minimum Gasteiger partial charge on any atom is -0.480 e. The second kappa shape index (κ2) is 6.39. The van der Waals surface area contributed by atoms with Crippen LogP contribution in [0.15, 0.2) is 31.0 Å².